The number of nitrogens with two attached hydrogens (primary N) is 1. The first-order valence-corrected chi connectivity index (χ1v) is 11.5. The zero-order valence-corrected chi connectivity index (χ0v) is 19.7. The molecule has 1 amide bonds. The zero-order valence-electron chi connectivity index (χ0n) is 19.7. The molecule has 11 heteroatoms. The topological polar surface area (TPSA) is 183 Å². The average Bonchev–Trinajstić information content (AvgIpc) is 3.42. The lowest BCUT2D eigenvalue weighted by atomic mass is 9.92. The molecule has 186 valence electrons. The van der Waals surface area contributed by atoms with E-state index in [0.29, 0.717) is 19.3 Å². The van der Waals surface area contributed by atoms with Gasteiger partial charge in [0.15, 0.2) is 11.9 Å². The van der Waals surface area contributed by atoms with Gasteiger partial charge in [0.1, 0.15) is 18.3 Å². The largest absolute Gasteiger partial charge is 0.456 e. The molecule has 1 saturated heterocycles. The van der Waals surface area contributed by atoms with Gasteiger partial charge < -0.3 is 30.4 Å². The minimum Gasteiger partial charge on any atom is -0.456 e. The first-order chi connectivity index (χ1) is 16.3. The van der Waals surface area contributed by atoms with Crippen LogP contribution in [0.5, 0.6) is 0 Å². The summed E-state index contributed by atoms with van der Waals surface area (Å²) >= 11 is 0. The van der Waals surface area contributed by atoms with Crippen LogP contribution >= 0.6 is 0 Å². The number of aromatic nitrogens is 1. The van der Waals surface area contributed by atoms with Crippen LogP contribution in [-0.2, 0) is 24.7 Å². The van der Waals surface area contributed by atoms with Crippen molar-refractivity contribution in [3.63, 3.8) is 0 Å². The van der Waals surface area contributed by atoms with Crippen LogP contribution in [0.4, 0.5) is 0 Å². The summed E-state index contributed by atoms with van der Waals surface area (Å²) in [4.78, 5) is 35.4. The number of nitriles is 1. The predicted molar refractivity (Wildman–Crippen MR) is 124 cm³/mol. The van der Waals surface area contributed by atoms with E-state index in [1.165, 1.54) is 12.1 Å². The molecule has 1 aromatic heterocycles. The van der Waals surface area contributed by atoms with Crippen molar-refractivity contribution in [2.75, 3.05) is 6.61 Å². The molecule has 0 unspecified atom stereocenters. The molecule has 1 aliphatic heterocycles. The quantitative estimate of drug-likeness (QED) is 0.221. The van der Waals surface area contributed by atoms with Crippen LogP contribution in [0.1, 0.15) is 64.3 Å². The first kappa shape index (κ1) is 27.2. The van der Waals surface area contributed by atoms with E-state index in [-0.39, 0.29) is 35.5 Å². The van der Waals surface area contributed by atoms with Gasteiger partial charge in [-0.1, -0.05) is 27.2 Å². The highest BCUT2D eigenvalue weighted by Crippen LogP contribution is 2.40. The van der Waals surface area contributed by atoms with E-state index < -0.39 is 36.5 Å². The van der Waals surface area contributed by atoms with Crippen LogP contribution in [0.25, 0.3) is 0 Å². The summed E-state index contributed by atoms with van der Waals surface area (Å²) in [7, 11) is 0. The number of carbonyl (C=O) groups is 2. The van der Waals surface area contributed by atoms with Gasteiger partial charge in [0, 0.05) is 6.42 Å². The van der Waals surface area contributed by atoms with Crippen molar-refractivity contribution >= 4 is 24.1 Å². The predicted octanol–water partition coefficient (Wildman–Crippen LogP) is 1.28. The molecule has 11 nitrogen and oxygen atoms in total. The Bertz CT molecular complexity index is 948. The SMILES string of the molecule is CCCCC(=O)N=C(N=CN)c1ccc([C@]2(C#N)O[C@H](CO)[C@@H](OC(=O)C(CC)CC)[C@H]2O)[nH]1. The average molecular weight is 476 g/mol. The zero-order chi connectivity index (χ0) is 25.3. The maximum atomic E-state index is 12.5. The molecule has 0 saturated carbocycles. The Morgan fingerprint density at radius 3 is 2.65 bits per heavy atom. The number of hydrogen-bond acceptors (Lipinski definition) is 7. The fraction of sp³-hybridized carbons (Fsp3) is 0.609. The molecule has 0 radical (unpaired) electrons. The van der Waals surface area contributed by atoms with Gasteiger partial charge in [-0.25, -0.2) is 4.99 Å². The summed E-state index contributed by atoms with van der Waals surface area (Å²) < 4.78 is 11.2. The number of rotatable bonds is 10. The highest BCUT2D eigenvalue weighted by atomic mass is 16.6. The number of aromatic amines is 1. The number of esters is 1. The second-order valence-corrected chi connectivity index (χ2v) is 8.04. The number of H-pyrrole nitrogens is 1. The van der Waals surface area contributed by atoms with Crippen molar-refractivity contribution in [1.82, 2.24) is 4.98 Å². The fourth-order valence-corrected chi connectivity index (χ4v) is 3.79. The summed E-state index contributed by atoms with van der Waals surface area (Å²) in [6.45, 7) is 5.06. The standard InChI is InChI=1S/C23H33N5O6/c1-4-7-8-18(30)28-21(26-13-25)15-9-10-17(27-15)23(12-24)20(31)19(16(11-29)34-23)33-22(32)14(5-2)6-3/h9-10,13-14,16,19-20,27,29,31H,4-8,11H2,1-3H3,(H2,25,26,28,30)/t16-,19-,20-,23+/m1/s1. The normalized spacial score (nSPS) is 25.1. The second-order valence-electron chi connectivity index (χ2n) is 8.04. The van der Waals surface area contributed by atoms with Gasteiger partial charge in [0.25, 0.3) is 0 Å². The van der Waals surface area contributed by atoms with Gasteiger partial charge >= 0.3 is 5.97 Å². The van der Waals surface area contributed by atoms with E-state index >= 15 is 0 Å². The maximum absolute atomic E-state index is 12.5. The molecule has 0 aliphatic carbocycles. The molecule has 4 atom stereocenters. The van der Waals surface area contributed by atoms with E-state index in [0.717, 1.165) is 12.8 Å². The molecule has 1 aromatic rings. The lowest BCUT2D eigenvalue weighted by molar-refractivity contribution is -0.161. The van der Waals surface area contributed by atoms with Crippen LogP contribution in [0.3, 0.4) is 0 Å². The maximum Gasteiger partial charge on any atom is 0.309 e. The van der Waals surface area contributed by atoms with E-state index in [1.807, 2.05) is 26.8 Å². The van der Waals surface area contributed by atoms with E-state index in [9.17, 15) is 25.1 Å². The number of amides is 1. The molecule has 2 rings (SSSR count). The van der Waals surface area contributed by atoms with Crippen molar-refractivity contribution in [3.8, 4) is 6.07 Å². The van der Waals surface area contributed by atoms with E-state index in [2.05, 4.69) is 15.0 Å². The van der Waals surface area contributed by atoms with Gasteiger partial charge in [-0.15, -0.1) is 0 Å². The van der Waals surface area contributed by atoms with Gasteiger partial charge in [0.05, 0.1) is 30.3 Å². The van der Waals surface area contributed by atoms with Gasteiger partial charge in [-0.3, -0.25) is 9.59 Å². The van der Waals surface area contributed by atoms with Crippen LogP contribution in [0, 0.1) is 17.2 Å². The summed E-state index contributed by atoms with van der Waals surface area (Å²) in [5, 5.41) is 30.8. The first-order valence-electron chi connectivity index (χ1n) is 11.5. The number of aliphatic hydroxyl groups excluding tert-OH is 2. The van der Waals surface area contributed by atoms with E-state index in [4.69, 9.17) is 15.2 Å². The Morgan fingerprint density at radius 2 is 2.09 bits per heavy atom. The molecule has 1 fully saturated rings. The Labute approximate surface area is 198 Å². The number of unbranched alkanes of at least 4 members (excludes halogenated alkanes) is 1. The summed E-state index contributed by atoms with van der Waals surface area (Å²) in [6, 6.07) is 4.93. The molecule has 0 bridgehead atoms. The Hall–Kier alpha value is -3.07. The molecule has 0 spiro atoms. The number of hydrogen-bond donors (Lipinski definition) is 4. The summed E-state index contributed by atoms with van der Waals surface area (Å²) in [5.41, 5.74) is 3.83. The van der Waals surface area contributed by atoms with Crippen LogP contribution in [0.2, 0.25) is 0 Å². The smallest absolute Gasteiger partial charge is 0.309 e. The van der Waals surface area contributed by atoms with Gasteiger partial charge in [-0.05, 0) is 31.4 Å². The molecular formula is C23H33N5O6. The third kappa shape index (κ3) is 5.70. The molecule has 5 N–H and O–H groups in total. The number of carbonyl (C=O) groups excluding carboxylic acids is 2. The minimum absolute atomic E-state index is 0.00542. The van der Waals surface area contributed by atoms with Crippen molar-refractivity contribution in [1.29, 1.82) is 5.26 Å². The molecular weight excluding hydrogens is 442 g/mol. The monoisotopic (exact) mass is 475 g/mol. The third-order valence-corrected chi connectivity index (χ3v) is 5.85. The van der Waals surface area contributed by atoms with Crippen LogP contribution in [0.15, 0.2) is 22.1 Å². The Balaban J connectivity index is 2.38. The minimum atomic E-state index is -1.96. The number of ether oxygens (including phenoxy) is 2. The Kier molecular flexibility index (Phi) is 9.92. The molecule has 1 aliphatic rings. The molecule has 2 heterocycles. The number of aliphatic imine (C=N–C) groups is 2. The van der Waals surface area contributed by atoms with Gasteiger partial charge in [0.2, 0.25) is 11.5 Å². The fourth-order valence-electron chi connectivity index (χ4n) is 3.79. The number of nitrogens with zero attached hydrogens (tertiary/aromatic N) is 3. The highest BCUT2D eigenvalue weighted by Gasteiger charge is 2.59. The molecule has 0 aromatic carbocycles. The lowest BCUT2D eigenvalue weighted by Crippen LogP contribution is -2.43. The van der Waals surface area contributed by atoms with E-state index in [1.54, 1.807) is 0 Å². The number of aliphatic hydroxyl groups is 2. The van der Waals surface area contributed by atoms with Crippen molar-refractivity contribution in [2.24, 2.45) is 21.6 Å². The summed E-state index contributed by atoms with van der Waals surface area (Å²) in [6.07, 6.45) is -0.125. The third-order valence-electron chi connectivity index (χ3n) is 5.85. The number of amidine groups is 1. The van der Waals surface area contributed by atoms with Crippen molar-refractivity contribution in [2.45, 2.75) is 76.8 Å². The Morgan fingerprint density at radius 1 is 1.38 bits per heavy atom. The lowest BCUT2D eigenvalue weighted by Gasteiger charge is -2.25. The van der Waals surface area contributed by atoms with Crippen molar-refractivity contribution in [3.05, 3.63) is 23.5 Å². The molecule has 34 heavy (non-hydrogen) atoms. The second kappa shape index (κ2) is 12.4. The van der Waals surface area contributed by atoms with Crippen LogP contribution < -0.4 is 5.73 Å². The van der Waals surface area contributed by atoms with Crippen LogP contribution in [-0.4, -0.2) is 64.2 Å². The van der Waals surface area contributed by atoms with Gasteiger partial charge in [-0.2, -0.15) is 10.3 Å². The summed E-state index contributed by atoms with van der Waals surface area (Å²) in [5.74, 6) is -1.28. The number of nitrogens with one attached hydrogen (secondary N) is 1. The van der Waals surface area contributed by atoms with Crippen molar-refractivity contribution < 1.29 is 29.3 Å². The highest BCUT2D eigenvalue weighted by molar-refractivity contribution is 6.06.